The molecule has 31 heavy (non-hydrogen) atoms. The van der Waals surface area contributed by atoms with Gasteiger partial charge >= 0.3 is 0 Å². The zero-order chi connectivity index (χ0) is 21.5. The van der Waals surface area contributed by atoms with E-state index in [0.29, 0.717) is 38.1 Å². The van der Waals surface area contributed by atoms with Crippen molar-refractivity contribution in [3.8, 4) is 5.69 Å². The van der Waals surface area contributed by atoms with Crippen LogP contribution in [-0.4, -0.2) is 19.2 Å². The number of para-hydroxylation sites is 1. The van der Waals surface area contributed by atoms with Gasteiger partial charge in [-0.25, -0.2) is 8.96 Å². The minimum atomic E-state index is -0.366. The standard InChI is InChI=1S/C23H16ClFN4OS/c1-14-9-11-15(12-10-14)28-21(30)16-5-2-3-8-20(16)29-22(28)26-27-23(29)31-13-17-18(24)6-4-7-19(17)25/h2-12H,13H2,1H3. The van der Waals surface area contributed by atoms with Gasteiger partial charge in [0.25, 0.3) is 5.56 Å². The monoisotopic (exact) mass is 450 g/mol. The number of rotatable bonds is 4. The number of aryl methyl sites for hydroxylation is 1. The van der Waals surface area contributed by atoms with Crippen molar-refractivity contribution < 1.29 is 4.39 Å². The van der Waals surface area contributed by atoms with Gasteiger partial charge < -0.3 is 0 Å². The topological polar surface area (TPSA) is 52.2 Å². The number of fused-ring (bicyclic) bond motifs is 3. The second-order valence-electron chi connectivity index (χ2n) is 7.10. The molecule has 0 amide bonds. The summed E-state index contributed by atoms with van der Waals surface area (Å²) in [7, 11) is 0. The third kappa shape index (κ3) is 3.40. The zero-order valence-electron chi connectivity index (χ0n) is 16.4. The first-order valence-electron chi connectivity index (χ1n) is 9.56. The van der Waals surface area contributed by atoms with Crippen LogP contribution in [0.3, 0.4) is 0 Å². The zero-order valence-corrected chi connectivity index (χ0v) is 18.0. The van der Waals surface area contributed by atoms with E-state index >= 15 is 0 Å². The molecule has 0 fully saturated rings. The van der Waals surface area contributed by atoms with Crippen molar-refractivity contribution in [2.75, 3.05) is 0 Å². The fraction of sp³-hybridized carbons (Fsp3) is 0.0870. The molecule has 0 unspecified atom stereocenters. The molecule has 0 aliphatic carbocycles. The molecule has 0 N–H and O–H groups in total. The van der Waals surface area contributed by atoms with Gasteiger partial charge in [0, 0.05) is 16.3 Å². The van der Waals surface area contributed by atoms with Crippen molar-refractivity contribution in [3.05, 3.63) is 99.1 Å². The van der Waals surface area contributed by atoms with E-state index in [2.05, 4.69) is 10.2 Å². The Hall–Kier alpha value is -3.16. The lowest BCUT2D eigenvalue weighted by molar-refractivity contribution is 0.617. The Kier molecular flexibility index (Phi) is 5.00. The molecule has 3 aromatic carbocycles. The lowest BCUT2D eigenvalue weighted by Gasteiger charge is -2.12. The summed E-state index contributed by atoms with van der Waals surface area (Å²) in [6, 6.07) is 19.6. The lowest BCUT2D eigenvalue weighted by atomic mass is 10.2. The van der Waals surface area contributed by atoms with Crippen LogP contribution in [0, 0.1) is 12.7 Å². The summed E-state index contributed by atoms with van der Waals surface area (Å²) < 4.78 is 17.6. The Balaban J connectivity index is 1.71. The van der Waals surface area contributed by atoms with Gasteiger partial charge in [0.05, 0.1) is 16.6 Å². The highest BCUT2D eigenvalue weighted by Crippen LogP contribution is 2.29. The lowest BCUT2D eigenvalue weighted by Crippen LogP contribution is -2.21. The number of nitrogens with zero attached hydrogens (tertiary/aromatic N) is 4. The predicted octanol–water partition coefficient (Wildman–Crippen LogP) is 5.43. The number of hydrogen-bond donors (Lipinski definition) is 0. The fourth-order valence-corrected chi connectivity index (χ4v) is 4.79. The summed E-state index contributed by atoms with van der Waals surface area (Å²) in [4.78, 5) is 13.3. The maximum atomic E-state index is 14.2. The molecular weight excluding hydrogens is 435 g/mol. The minimum absolute atomic E-state index is 0.173. The van der Waals surface area contributed by atoms with Crippen LogP contribution in [0.5, 0.6) is 0 Å². The maximum absolute atomic E-state index is 14.2. The SMILES string of the molecule is Cc1ccc(-n2c(=O)c3ccccc3n3c(SCc4c(F)cccc4Cl)nnc23)cc1. The van der Waals surface area contributed by atoms with E-state index < -0.39 is 0 Å². The van der Waals surface area contributed by atoms with Crippen LogP contribution in [0.2, 0.25) is 5.02 Å². The second-order valence-corrected chi connectivity index (χ2v) is 8.45. The van der Waals surface area contributed by atoms with Crippen molar-refractivity contribution in [3.63, 3.8) is 0 Å². The molecule has 8 heteroatoms. The van der Waals surface area contributed by atoms with Crippen LogP contribution in [0.1, 0.15) is 11.1 Å². The van der Waals surface area contributed by atoms with E-state index in [1.165, 1.54) is 17.8 Å². The van der Waals surface area contributed by atoms with E-state index in [-0.39, 0.29) is 17.1 Å². The average molecular weight is 451 g/mol. The summed E-state index contributed by atoms with van der Waals surface area (Å²) in [5, 5.41) is 10.1. The third-order valence-corrected chi connectivity index (χ3v) is 6.40. The normalized spacial score (nSPS) is 11.5. The molecule has 0 radical (unpaired) electrons. The first kappa shape index (κ1) is 19.8. The van der Waals surface area contributed by atoms with Gasteiger partial charge in [0.1, 0.15) is 5.82 Å². The molecule has 0 atom stereocenters. The molecule has 0 saturated carbocycles. The Morgan fingerprint density at radius 1 is 1.00 bits per heavy atom. The number of benzene rings is 3. The Bertz CT molecular complexity index is 1470. The molecule has 5 aromatic rings. The highest BCUT2D eigenvalue weighted by molar-refractivity contribution is 7.98. The van der Waals surface area contributed by atoms with Gasteiger partial charge in [-0.3, -0.25) is 9.20 Å². The molecule has 2 heterocycles. The van der Waals surface area contributed by atoms with E-state index in [1.807, 2.05) is 53.8 Å². The van der Waals surface area contributed by atoms with Crippen molar-refractivity contribution >= 4 is 40.0 Å². The smallest absolute Gasteiger partial charge is 0.267 e. The second kappa shape index (κ2) is 7.83. The summed E-state index contributed by atoms with van der Waals surface area (Å²) in [5.74, 6) is 0.314. The van der Waals surface area contributed by atoms with E-state index in [0.717, 1.165) is 5.56 Å². The summed E-state index contributed by atoms with van der Waals surface area (Å²) in [6.45, 7) is 1.99. The molecule has 0 saturated heterocycles. The van der Waals surface area contributed by atoms with Gasteiger partial charge in [-0.15, -0.1) is 10.2 Å². The fourth-order valence-electron chi connectivity index (χ4n) is 3.51. The van der Waals surface area contributed by atoms with Gasteiger partial charge in [-0.1, -0.05) is 59.3 Å². The third-order valence-electron chi connectivity index (χ3n) is 5.09. The molecule has 5 rings (SSSR count). The molecule has 0 aliphatic heterocycles. The molecule has 154 valence electrons. The Morgan fingerprint density at radius 2 is 1.77 bits per heavy atom. The van der Waals surface area contributed by atoms with Crippen LogP contribution in [0.25, 0.3) is 22.4 Å². The summed E-state index contributed by atoms with van der Waals surface area (Å²) >= 11 is 7.49. The van der Waals surface area contributed by atoms with Crippen molar-refractivity contribution in [2.45, 2.75) is 17.8 Å². The van der Waals surface area contributed by atoms with Gasteiger partial charge in [-0.2, -0.15) is 0 Å². The first-order chi connectivity index (χ1) is 15.0. The highest BCUT2D eigenvalue weighted by Gasteiger charge is 2.18. The predicted molar refractivity (Wildman–Crippen MR) is 122 cm³/mol. The quantitative estimate of drug-likeness (QED) is 0.343. The number of halogens is 2. The molecular formula is C23H16ClFN4OS. The van der Waals surface area contributed by atoms with Crippen LogP contribution in [-0.2, 0) is 5.75 Å². The van der Waals surface area contributed by atoms with Gasteiger partial charge in [-0.05, 0) is 43.3 Å². The van der Waals surface area contributed by atoms with Crippen LogP contribution < -0.4 is 5.56 Å². The minimum Gasteiger partial charge on any atom is -0.268 e. The van der Waals surface area contributed by atoms with E-state index in [9.17, 15) is 9.18 Å². The number of thioether (sulfide) groups is 1. The van der Waals surface area contributed by atoms with Gasteiger partial charge in [0.2, 0.25) is 5.78 Å². The van der Waals surface area contributed by atoms with Crippen LogP contribution in [0.15, 0.2) is 76.7 Å². The van der Waals surface area contributed by atoms with Crippen LogP contribution in [0.4, 0.5) is 4.39 Å². The molecule has 0 aliphatic rings. The number of aromatic nitrogens is 4. The first-order valence-corrected chi connectivity index (χ1v) is 10.9. The Morgan fingerprint density at radius 3 is 2.55 bits per heavy atom. The van der Waals surface area contributed by atoms with E-state index in [4.69, 9.17) is 11.6 Å². The molecule has 0 spiro atoms. The average Bonchev–Trinajstić information content (AvgIpc) is 3.18. The van der Waals surface area contributed by atoms with Crippen LogP contribution >= 0.6 is 23.4 Å². The largest absolute Gasteiger partial charge is 0.268 e. The maximum Gasteiger partial charge on any atom is 0.267 e. The highest BCUT2D eigenvalue weighted by atomic mass is 35.5. The summed E-state index contributed by atoms with van der Waals surface area (Å²) in [6.07, 6.45) is 0. The molecule has 0 bridgehead atoms. The van der Waals surface area contributed by atoms with E-state index in [1.54, 1.807) is 22.8 Å². The van der Waals surface area contributed by atoms with Crippen molar-refractivity contribution in [1.29, 1.82) is 0 Å². The number of hydrogen-bond acceptors (Lipinski definition) is 4. The molecule has 2 aromatic heterocycles. The van der Waals surface area contributed by atoms with Gasteiger partial charge in [0.15, 0.2) is 5.16 Å². The molecule has 5 nitrogen and oxygen atoms in total. The Labute approximate surface area is 186 Å². The van der Waals surface area contributed by atoms with Crippen molar-refractivity contribution in [1.82, 2.24) is 19.2 Å². The summed E-state index contributed by atoms with van der Waals surface area (Å²) in [5.41, 5.74) is 2.72. The van der Waals surface area contributed by atoms with Crippen molar-refractivity contribution in [2.24, 2.45) is 0 Å².